The number of anilines is 1. The van der Waals surface area contributed by atoms with Crippen LogP contribution in [-0.4, -0.2) is 25.1 Å². The molecule has 3 aromatic rings. The van der Waals surface area contributed by atoms with E-state index in [9.17, 15) is 14.4 Å². The summed E-state index contributed by atoms with van der Waals surface area (Å²) in [5, 5.41) is 3.19. The first-order chi connectivity index (χ1) is 13.1. The summed E-state index contributed by atoms with van der Waals surface area (Å²) in [6, 6.07) is 15.1. The van der Waals surface area contributed by atoms with E-state index < -0.39 is 24.1 Å². The first-order valence-corrected chi connectivity index (χ1v) is 8.30. The van der Waals surface area contributed by atoms with Crippen LogP contribution in [0.25, 0.3) is 11.0 Å². The smallest absolute Gasteiger partial charge is 0.351 e. The average molecular weight is 367 g/mol. The summed E-state index contributed by atoms with van der Waals surface area (Å²) >= 11 is 0. The van der Waals surface area contributed by atoms with Crippen molar-refractivity contribution in [3.63, 3.8) is 0 Å². The minimum atomic E-state index is -0.928. The number of ether oxygens (including phenoxy) is 2. The van der Waals surface area contributed by atoms with Crippen LogP contribution in [0.5, 0.6) is 5.75 Å². The van der Waals surface area contributed by atoms with Gasteiger partial charge in [-0.15, -0.1) is 0 Å². The Hall–Kier alpha value is -3.61. The molecule has 138 valence electrons. The fourth-order valence-corrected chi connectivity index (χ4v) is 2.45. The lowest BCUT2D eigenvalue weighted by molar-refractivity contribution is -0.119. The average Bonchev–Trinajstić information content (AvgIpc) is 2.67. The minimum absolute atomic E-state index is 0.267. The topological polar surface area (TPSA) is 94.8 Å². The number of carbonyl (C=O) groups excluding carboxylic acids is 2. The van der Waals surface area contributed by atoms with Gasteiger partial charge in [-0.25, -0.2) is 9.59 Å². The molecular weight excluding hydrogens is 350 g/mol. The van der Waals surface area contributed by atoms with Crippen molar-refractivity contribution in [1.82, 2.24) is 0 Å². The number of hydrogen-bond acceptors (Lipinski definition) is 6. The van der Waals surface area contributed by atoms with Gasteiger partial charge >= 0.3 is 11.6 Å². The maximum atomic E-state index is 12.1. The van der Waals surface area contributed by atoms with Crippen molar-refractivity contribution in [3.8, 4) is 5.75 Å². The molecule has 0 radical (unpaired) electrons. The number of rotatable bonds is 6. The van der Waals surface area contributed by atoms with Gasteiger partial charge in [0.2, 0.25) is 0 Å². The number of amides is 1. The first-order valence-electron chi connectivity index (χ1n) is 8.30. The number of carbonyl (C=O) groups is 2. The third kappa shape index (κ3) is 4.33. The molecule has 0 fully saturated rings. The molecule has 0 aliphatic heterocycles. The van der Waals surface area contributed by atoms with E-state index in [2.05, 4.69) is 5.32 Å². The third-order valence-electron chi connectivity index (χ3n) is 3.66. The second-order valence-electron chi connectivity index (χ2n) is 5.54. The fourth-order valence-electron chi connectivity index (χ4n) is 2.45. The fraction of sp³-hybridized carbons (Fsp3) is 0.150. The Labute approximate surface area is 154 Å². The highest BCUT2D eigenvalue weighted by molar-refractivity contribution is 5.97. The molecule has 0 saturated carbocycles. The second-order valence-corrected chi connectivity index (χ2v) is 5.54. The SMILES string of the molecule is CCOc1ccccc1NC(=O)COC(=O)c1cc2ccccc2oc1=O. The van der Waals surface area contributed by atoms with Crippen LogP contribution in [0, 0.1) is 0 Å². The van der Waals surface area contributed by atoms with E-state index in [1.165, 1.54) is 6.07 Å². The van der Waals surface area contributed by atoms with Crippen molar-refractivity contribution < 1.29 is 23.5 Å². The molecule has 0 aliphatic carbocycles. The Bertz CT molecular complexity index is 1040. The van der Waals surface area contributed by atoms with Crippen molar-refractivity contribution >= 4 is 28.5 Å². The Morgan fingerprint density at radius 2 is 1.81 bits per heavy atom. The molecule has 27 heavy (non-hydrogen) atoms. The van der Waals surface area contributed by atoms with Crippen LogP contribution in [-0.2, 0) is 9.53 Å². The van der Waals surface area contributed by atoms with Gasteiger partial charge in [0.15, 0.2) is 6.61 Å². The van der Waals surface area contributed by atoms with Gasteiger partial charge in [0.1, 0.15) is 16.9 Å². The normalized spacial score (nSPS) is 10.4. The van der Waals surface area contributed by atoms with Crippen LogP contribution in [0.4, 0.5) is 5.69 Å². The maximum Gasteiger partial charge on any atom is 0.351 e. The van der Waals surface area contributed by atoms with E-state index in [1.807, 2.05) is 6.92 Å². The lowest BCUT2D eigenvalue weighted by atomic mass is 10.2. The number of hydrogen-bond donors (Lipinski definition) is 1. The highest BCUT2D eigenvalue weighted by Crippen LogP contribution is 2.23. The molecule has 2 aromatic carbocycles. The predicted octanol–water partition coefficient (Wildman–Crippen LogP) is 2.99. The molecule has 0 atom stereocenters. The van der Waals surface area contributed by atoms with Gasteiger partial charge in [-0.1, -0.05) is 30.3 Å². The maximum absolute atomic E-state index is 12.1. The standard InChI is InChI=1S/C20H17NO6/c1-2-25-17-10-6-4-8-15(17)21-18(22)12-26-19(23)14-11-13-7-3-5-9-16(13)27-20(14)24/h3-11H,2,12H2,1H3,(H,21,22). The third-order valence-corrected chi connectivity index (χ3v) is 3.66. The Balaban J connectivity index is 1.66. The molecule has 0 unspecified atom stereocenters. The van der Waals surface area contributed by atoms with Gasteiger partial charge in [-0.2, -0.15) is 0 Å². The summed E-state index contributed by atoms with van der Waals surface area (Å²) in [5.41, 5.74) is -0.257. The lowest BCUT2D eigenvalue weighted by Crippen LogP contribution is -2.23. The molecule has 1 heterocycles. The minimum Gasteiger partial charge on any atom is -0.492 e. The van der Waals surface area contributed by atoms with Crippen molar-refractivity contribution in [3.05, 3.63) is 70.6 Å². The van der Waals surface area contributed by atoms with Crippen LogP contribution in [0.3, 0.4) is 0 Å². The number of esters is 1. The number of para-hydroxylation sites is 3. The molecule has 0 saturated heterocycles. The van der Waals surface area contributed by atoms with Crippen molar-refractivity contribution in [2.24, 2.45) is 0 Å². The quantitative estimate of drug-likeness (QED) is 0.532. The zero-order valence-electron chi connectivity index (χ0n) is 14.6. The highest BCUT2D eigenvalue weighted by Gasteiger charge is 2.17. The summed E-state index contributed by atoms with van der Waals surface area (Å²) in [6.45, 7) is 1.72. The molecule has 7 heteroatoms. The van der Waals surface area contributed by atoms with Crippen LogP contribution < -0.4 is 15.7 Å². The summed E-state index contributed by atoms with van der Waals surface area (Å²) in [5.74, 6) is -0.974. The van der Waals surface area contributed by atoms with Crippen LogP contribution in [0.15, 0.2) is 63.8 Å². The van der Waals surface area contributed by atoms with Gasteiger partial charge < -0.3 is 19.2 Å². The predicted molar refractivity (Wildman–Crippen MR) is 99.0 cm³/mol. The Kier molecular flexibility index (Phi) is 5.51. The summed E-state index contributed by atoms with van der Waals surface area (Å²) in [4.78, 5) is 36.1. The number of nitrogens with one attached hydrogen (secondary N) is 1. The van der Waals surface area contributed by atoms with Crippen LogP contribution in [0.2, 0.25) is 0 Å². The summed E-state index contributed by atoms with van der Waals surface area (Å²) in [7, 11) is 0. The van der Waals surface area contributed by atoms with E-state index in [4.69, 9.17) is 13.9 Å². The van der Waals surface area contributed by atoms with Crippen LogP contribution >= 0.6 is 0 Å². The van der Waals surface area contributed by atoms with E-state index >= 15 is 0 Å². The summed E-state index contributed by atoms with van der Waals surface area (Å²) < 4.78 is 15.4. The molecule has 1 aromatic heterocycles. The van der Waals surface area contributed by atoms with Gasteiger partial charge in [-0.3, -0.25) is 4.79 Å². The lowest BCUT2D eigenvalue weighted by Gasteiger charge is -2.11. The van der Waals surface area contributed by atoms with Gasteiger partial charge in [0, 0.05) is 5.39 Å². The van der Waals surface area contributed by atoms with E-state index in [0.717, 1.165) is 0 Å². The molecule has 1 amide bonds. The molecule has 0 aliphatic rings. The second kappa shape index (κ2) is 8.18. The molecular formula is C20H17NO6. The zero-order chi connectivity index (χ0) is 19.2. The van der Waals surface area contributed by atoms with Crippen LogP contribution in [0.1, 0.15) is 17.3 Å². The van der Waals surface area contributed by atoms with Gasteiger partial charge in [0.25, 0.3) is 5.91 Å². The Morgan fingerprint density at radius 1 is 1.07 bits per heavy atom. The largest absolute Gasteiger partial charge is 0.492 e. The molecule has 0 bridgehead atoms. The van der Waals surface area contributed by atoms with E-state index in [-0.39, 0.29) is 5.56 Å². The van der Waals surface area contributed by atoms with E-state index in [1.54, 1.807) is 48.5 Å². The summed E-state index contributed by atoms with van der Waals surface area (Å²) in [6.07, 6.45) is 0. The first kappa shape index (κ1) is 18.2. The Morgan fingerprint density at radius 3 is 2.63 bits per heavy atom. The molecule has 0 spiro atoms. The zero-order valence-corrected chi connectivity index (χ0v) is 14.6. The molecule has 3 rings (SSSR count). The van der Waals surface area contributed by atoms with Crippen molar-refractivity contribution in [1.29, 1.82) is 0 Å². The molecule has 1 N–H and O–H groups in total. The van der Waals surface area contributed by atoms with Gasteiger partial charge in [-0.05, 0) is 31.2 Å². The number of benzene rings is 2. The van der Waals surface area contributed by atoms with Crippen molar-refractivity contribution in [2.45, 2.75) is 6.92 Å². The number of fused-ring (bicyclic) bond motifs is 1. The van der Waals surface area contributed by atoms with Crippen molar-refractivity contribution in [2.75, 3.05) is 18.5 Å². The molecule has 7 nitrogen and oxygen atoms in total. The monoisotopic (exact) mass is 367 g/mol. The highest BCUT2D eigenvalue weighted by atomic mass is 16.5. The van der Waals surface area contributed by atoms with Gasteiger partial charge in [0.05, 0.1) is 12.3 Å². The van der Waals surface area contributed by atoms with E-state index in [0.29, 0.717) is 29.0 Å².